The molecule has 1 aliphatic heterocycles. The molecule has 0 atom stereocenters. The quantitative estimate of drug-likeness (QED) is 0.0989. The fourth-order valence-electron chi connectivity index (χ4n) is 3.37. The lowest BCUT2D eigenvalue weighted by Crippen LogP contribution is -2.22. The predicted octanol–water partition coefficient (Wildman–Crippen LogP) is 7.58. The Kier molecular flexibility index (Phi) is 7.73. The molecule has 0 saturated heterocycles. The number of halogens is 4. The molecule has 1 aliphatic carbocycles. The molecule has 34 heavy (non-hydrogen) atoms. The SMILES string of the molecule is CC(C)(C)OOC(=O)c1ccccc1-c1c2cc(I)c(=O)c(I)c-2oc2c(I)c(O)c(I)cc12. The molecule has 0 fully saturated rings. The Balaban J connectivity index is 2.12. The first-order chi connectivity index (χ1) is 15.9. The predicted molar refractivity (Wildman–Crippen MR) is 163 cm³/mol. The van der Waals surface area contributed by atoms with Gasteiger partial charge in [0.05, 0.1) is 16.3 Å². The third-order valence-corrected chi connectivity index (χ3v) is 8.41. The first-order valence-corrected chi connectivity index (χ1v) is 14.2. The summed E-state index contributed by atoms with van der Waals surface area (Å²) in [5.74, 6) is -0.154. The van der Waals surface area contributed by atoms with Gasteiger partial charge in [-0.3, -0.25) is 9.68 Å². The zero-order chi connectivity index (χ0) is 24.9. The molecule has 0 saturated carbocycles. The van der Waals surface area contributed by atoms with Crippen molar-refractivity contribution >= 4 is 107 Å². The summed E-state index contributed by atoms with van der Waals surface area (Å²) in [5.41, 5.74) is 1.89. The van der Waals surface area contributed by atoms with E-state index in [1.165, 1.54) is 0 Å². The number of phenolic OH excluding ortho intramolecular Hbond substituents is 1. The molecule has 0 spiro atoms. The van der Waals surface area contributed by atoms with E-state index in [0.29, 0.717) is 53.3 Å². The fraction of sp³-hybridized carbons (Fsp3) is 0.167. The Morgan fingerprint density at radius 3 is 2.32 bits per heavy atom. The highest BCUT2D eigenvalue weighted by atomic mass is 127. The monoisotopic (exact) mass is 908 g/mol. The minimum atomic E-state index is -0.671. The summed E-state index contributed by atoms with van der Waals surface area (Å²) in [7, 11) is 0. The van der Waals surface area contributed by atoms with E-state index in [1.807, 2.05) is 86.0 Å². The van der Waals surface area contributed by atoms with E-state index >= 15 is 0 Å². The first-order valence-electron chi connectivity index (χ1n) is 9.85. The summed E-state index contributed by atoms with van der Waals surface area (Å²) in [5, 5.41) is 11.3. The molecular weight excluding hydrogens is 892 g/mol. The lowest BCUT2D eigenvalue weighted by molar-refractivity contribution is -0.301. The van der Waals surface area contributed by atoms with E-state index < -0.39 is 11.6 Å². The number of benzene rings is 3. The van der Waals surface area contributed by atoms with Crippen LogP contribution in [-0.2, 0) is 9.78 Å². The van der Waals surface area contributed by atoms with Crippen LogP contribution in [0.15, 0.2) is 45.6 Å². The van der Waals surface area contributed by atoms with Crippen LogP contribution in [0.25, 0.3) is 33.4 Å². The van der Waals surface area contributed by atoms with E-state index in [1.54, 1.807) is 39.0 Å². The van der Waals surface area contributed by atoms with Crippen molar-refractivity contribution in [3.05, 3.63) is 66.5 Å². The van der Waals surface area contributed by atoms with E-state index in [2.05, 4.69) is 22.6 Å². The highest BCUT2D eigenvalue weighted by Crippen LogP contribution is 2.46. The van der Waals surface area contributed by atoms with E-state index in [-0.39, 0.29) is 11.2 Å². The standard InChI is InChI=1S/C24H16I4O6/c1-24(2,3)34-33-23(31)11-7-5-4-6-10(11)16-12-8-14(25)19(29)17(27)21(12)32-22-13(16)9-15(26)20(30)18(22)28/h4-9,29H,1-3H3. The van der Waals surface area contributed by atoms with Crippen LogP contribution in [0.5, 0.6) is 5.75 Å². The Labute approximate surface area is 249 Å². The second-order valence-electron chi connectivity index (χ2n) is 8.36. The largest absolute Gasteiger partial charge is 0.506 e. The minimum absolute atomic E-state index is 0.0943. The third kappa shape index (κ3) is 4.93. The molecule has 2 aromatic carbocycles. The molecule has 0 aromatic heterocycles. The molecule has 176 valence electrons. The summed E-state index contributed by atoms with van der Waals surface area (Å²) in [6.07, 6.45) is 0. The molecule has 4 rings (SSSR count). The molecule has 0 radical (unpaired) electrons. The fourth-order valence-corrected chi connectivity index (χ4v) is 6.95. The number of aromatic hydroxyl groups is 1. The lowest BCUT2D eigenvalue weighted by Gasteiger charge is -2.20. The van der Waals surface area contributed by atoms with Gasteiger partial charge in [-0.2, -0.15) is 4.89 Å². The summed E-state index contributed by atoms with van der Waals surface area (Å²) < 4.78 is 8.31. The Hall–Kier alpha value is -0.720. The van der Waals surface area contributed by atoms with Crippen molar-refractivity contribution < 1.29 is 24.1 Å². The molecule has 0 amide bonds. The van der Waals surface area contributed by atoms with Crippen molar-refractivity contribution in [2.24, 2.45) is 0 Å². The molecule has 1 N–H and O–H groups in total. The zero-order valence-corrected chi connectivity index (χ0v) is 26.6. The zero-order valence-electron chi connectivity index (χ0n) is 18.0. The van der Waals surface area contributed by atoms with Crippen LogP contribution >= 0.6 is 90.4 Å². The second kappa shape index (κ2) is 9.97. The van der Waals surface area contributed by atoms with Gasteiger partial charge >= 0.3 is 5.97 Å². The second-order valence-corrected chi connectivity index (χ2v) is 12.8. The summed E-state index contributed by atoms with van der Waals surface area (Å²) >= 11 is 8.07. The van der Waals surface area contributed by atoms with Crippen molar-refractivity contribution in [2.75, 3.05) is 0 Å². The van der Waals surface area contributed by atoms with Gasteiger partial charge in [-0.25, -0.2) is 4.79 Å². The summed E-state index contributed by atoms with van der Waals surface area (Å²) in [4.78, 5) is 36.2. The highest BCUT2D eigenvalue weighted by molar-refractivity contribution is 14.1. The van der Waals surface area contributed by atoms with Crippen LogP contribution in [0.1, 0.15) is 31.1 Å². The van der Waals surface area contributed by atoms with Crippen molar-refractivity contribution in [2.45, 2.75) is 26.4 Å². The number of hydrogen-bond donors (Lipinski definition) is 1. The van der Waals surface area contributed by atoms with E-state index in [0.717, 1.165) is 0 Å². The molecule has 10 heteroatoms. The molecule has 2 aromatic rings. The van der Waals surface area contributed by atoms with Crippen LogP contribution in [0.2, 0.25) is 0 Å². The Morgan fingerprint density at radius 2 is 1.65 bits per heavy atom. The maximum atomic E-state index is 13.1. The van der Waals surface area contributed by atoms with Gasteiger partial charge < -0.3 is 9.52 Å². The van der Waals surface area contributed by atoms with Gasteiger partial charge in [0, 0.05) is 16.5 Å². The number of carbonyl (C=O) groups excluding carboxylic acids is 1. The van der Waals surface area contributed by atoms with Gasteiger partial charge in [0.1, 0.15) is 14.9 Å². The number of hydrogen-bond acceptors (Lipinski definition) is 6. The van der Waals surface area contributed by atoms with Crippen LogP contribution < -0.4 is 5.43 Å². The number of phenols is 1. The van der Waals surface area contributed by atoms with Gasteiger partial charge in [-0.15, -0.1) is 0 Å². The summed E-state index contributed by atoms with van der Waals surface area (Å²) in [6.45, 7) is 5.35. The molecular formula is C24H16I4O6. The van der Waals surface area contributed by atoms with Crippen molar-refractivity contribution in [3.63, 3.8) is 0 Å². The molecule has 1 heterocycles. The van der Waals surface area contributed by atoms with Crippen LogP contribution in [0.3, 0.4) is 0 Å². The number of rotatable bonds is 3. The molecule has 2 aliphatic rings. The van der Waals surface area contributed by atoms with Crippen molar-refractivity contribution in [1.29, 1.82) is 0 Å². The van der Waals surface area contributed by atoms with Gasteiger partial charge in [-0.1, -0.05) is 18.2 Å². The van der Waals surface area contributed by atoms with Gasteiger partial charge in [-0.05, 0) is 135 Å². The normalized spacial score (nSPS) is 11.9. The van der Waals surface area contributed by atoms with Crippen LogP contribution in [-0.4, -0.2) is 16.7 Å². The minimum Gasteiger partial charge on any atom is -0.506 e. The van der Waals surface area contributed by atoms with Gasteiger partial charge in [0.15, 0.2) is 11.3 Å². The number of carbonyl (C=O) groups is 1. The lowest BCUT2D eigenvalue weighted by atomic mass is 9.91. The van der Waals surface area contributed by atoms with Crippen molar-refractivity contribution in [3.8, 4) is 28.2 Å². The smallest absolute Gasteiger partial charge is 0.373 e. The Bertz CT molecular complexity index is 1490. The average Bonchev–Trinajstić information content (AvgIpc) is 2.78. The topological polar surface area (TPSA) is 86.0 Å². The Morgan fingerprint density at radius 1 is 0.971 bits per heavy atom. The average molecular weight is 908 g/mol. The maximum Gasteiger partial charge on any atom is 0.373 e. The van der Waals surface area contributed by atoms with E-state index in [9.17, 15) is 14.7 Å². The first kappa shape index (κ1) is 26.3. The molecule has 6 nitrogen and oxygen atoms in total. The number of fused-ring (bicyclic) bond motifs is 2. The van der Waals surface area contributed by atoms with Crippen molar-refractivity contribution in [1.82, 2.24) is 0 Å². The van der Waals surface area contributed by atoms with Crippen LogP contribution in [0, 0.1) is 14.3 Å². The van der Waals surface area contributed by atoms with Gasteiger partial charge in [0.2, 0.25) is 5.43 Å². The molecule has 0 unspecified atom stereocenters. The van der Waals surface area contributed by atoms with E-state index in [4.69, 9.17) is 14.2 Å². The molecule has 0 bridgehead atoms. The highest BCUT2D eigenvalue weighted by Gasteiger charge is 2.28. The van der Waals surface area contributed by atoms with Gasteiger partial charge in [0.25, 0.3) is 0 Å². The van der Waals surface area contributed by atoms with Crippen LogP contribution in [0.4, 0.5) is 0 Å². The maximum absolute atomic E-state index is 13.1. The summed E-state index contributed by atoms with van der Waals surface area (Å²) in [6, 6.07) is 10.6. The third-order valence-electron chi connectivity index (χ3n) is 4.81.